The first-order valence-corrected chi connectivity index (χ1v) is 4.24. The van der Waals surface area contributed by atoms with Crippen molar-refractivity contribution in [3.63, 3.8) is 0 Å². The number of hydrogen-bond acceptors (Lipinski definition) is 2. The van der Waals surface area contributed by atoms with Gasteiger partial charge in [-0.3, -0.25) is 4.79 Å². The van der Waals surface area contributed by atoms with Crippen molar-refractivity contribution in [3.05, 3.63) is 0 Å². The van der Waals surface area contributed by atoms with Crippen LogP contribution in [0.5, 0.6) is 0 Å². The van der Waals surface area contributed by atoms with Crippen molar-refractivity contribution < 1.29 is 4.79 Å². The van der Waals surface area contributed by atoms with Crippen LogP contribution in [0.2, 0.25) is 0 Å². The van der Waals surface area contributed by atoms with Gasteiger partial charge >= 0.3 is 0 Å². The Labute approximate surface area is 66.8 Å². The lowest BCUT2D eigenvalue weighted by molar-refractivity contribution is -0.132. The Morgan fingerprint density at radius 2 is 2.27 bits per heavy atom. The second-order valence-corrected chi connectivity index (χ2v) is 3.57. The third kappa shape index (κ3) is 1.03. The summed E-state index contributed by atoms with van der Waals surface area (Å²) in [6, 6.07) is 0. The number of carbonyl (C=O) groups is 1. The highest BCUT2D eigenvalue weighted by Gasteiger charge is 2.50. The molecule has 0 unspecified atom stereocenters. The van der Waals surface area contributed by atoms with Gasteiger partial charge in [-0.05, 0) is 12.8 Å². The predicted molar refractivity (Wildman–Crippen MR) is 42.2 cm³/mol. The van der Waals surface area contributed by atoms with Crippen LogP contribution in [0.15, 0.2) is 0 Å². The van der Waals surface area contributed by atoms with E-state index in [0.29, 0.717) is 0 Å². The van der Waals surface area contributed by atoms with E-state index in [2.05, 4.69) is 5.32 Å². The van der Waals surface area contributed by atoms with Crippen LogP contribution in [0.4, 0.5) is 0 Å². The zero-order chi connectivity index (χ0) is 7.90. The summed E-state index contributed by atoms with van der Waals surface area (Å²) >= 11 is 0. The van der Waals surface area contributed by atoms with Crippen LogP contribution in [0.3, 0.4) is 0 Å². The number of nitrogens with zero attached hydrogens (tertiary/aromatic N) is 1. The van der Waals surface area contributed by atoms with Gasteiger partial charge in [-0.1, -0.05) is 0 Å². The Kier molecular flexibility index (Phi) is 1.42. The molecule has 0 atom stereocenters. The maximum atomic E-state index is 11.2. The number of hydrogen-bond donors (Lipinski definition) is 1. The van der Waals surface area contributed by atoms with Gasteiger partial charge in [0, 0.05) is 26.6 Å². The third-order valence-electron chi connectivity index (χ3n) is 2.75. The molecule has 11 heavy (non-hydrogen) atoms. The molecule has 62 valence electrons. The standard InChI is InChI=1S/C8H14N2O/c1-7(11)10-5-4-9-6-8(10)2-3-8/h9H,2-6H2,1H3. The van der Waals surface area contributed by atoms with E-state index in [1.165, 1.54) is 12.8 Å². The average molecular weight is 154 g/mol. The lowest BCUT2D eigenvalue weighted by Gasteiger charge is -2.36. The Morgan fingerprint density at radius 1 is 1.55 bits per heavy atom. The van der Waals surface area contributed by atoms with Crippen molar-refractivity contribution in [3.8, 4) is 0 Å². The second kappa shape index (κ2) is 2.21. The van der Waals surface area contributed by atoms with Crippen molar-refractivity contribution in [1.82, 2.24) is 10.2 Å². The second-order valence-electron chi connectivity index (χ2n) is 3.57. The highest BCUT2D eigenvalue weighted by Crippen LogP contribution is 2.42. The highest BCUT2D eigenvalue weighted by molar-refractivity contribution is 5.75. The summed E-state index contributed by atoms with van der Waals surface area (Å²) in [7, 11) is 0. The van der Waals surface area contributed by atoms with E-state index in [1.54, 1.807) is 6.92 Å². The molecule has 1 aliphatic heterocycles. The smallest absolute Gasteiger partial charge is 0.219 e. The summed E-state index contributed by atoms with van der Waals surface area (Å²) in [5.41, 5.74) is 0.240. The van der Waals surface area contributed by atoms with Crippen molar-refractivity contribution in [1.29, 1.82) is 0 Å². The predicted octanol–water partition coefficient (Wildman–Crippen LogP) is -0.0293. The van der Waals surface area contributed by atoms with Gasteiger partial charge in [0.1, 0.15) is 0 Å². The number of rotatable bonds is 0. The normalized spacial score (nSPS) is 27.2. The van der Waals surface area contributed by atoms with Gasteiger partial charge in [0.15, 0.2) is 0 Å². The maximum absolute atomic E-state index is 11.2. The van der Waals surface area contributed by atoms with Crippen LogP contribution in [-0.2, 0) is 4.79 Å². The van der Waals surface area contributed by atoms with E-state index in [9.17, 15) is 4.79 Å². The topological polar surface area (TPSA) is 32.3 Å². The molecule has 1 heterocycles. The molecular weight excluding hydrogens is 140 g/mol. The van der Waals surface area contributed by atoms with Gasteiger partial charge in [-0.15, -0.1) is 0 Å². The molecule has 2 fully saturated rings. The molecule has 2 rings (SSSR count). The first-order valence-electron chi connectivity index (χ1n) is 4.24. The summed E-state index contributed by atoms with van der Waals surface area (Å²) in [6.45, 7) is 4.54. The van der Waals surface area contributed by atoms with Crippen molar-refractivity contribution in [2.75, 3.05) is 19.6 Å². The van der Waals surface area contributed by atoms with Crippen LogP contribution >= 0.6 is 0 Å². The van der Waals surface area contributed by atoms with Crippen molar-refractivity contribution in [2.45, 2.75) is 25.3 Å². The monoisotopic (exact) mass is 154 g/mol. The first-order chi connectivity index (χ1) is 5.25. The van der Waals surface area contributed by atoms with E-state index in [1.807, 2.05) is 4.90 Å². The fourth-order valence-corrected chi connectivity index (χ4v) is 1.93. The minimum atomic E-state index is 0.240. The number of nitrogens with one attached hydrogen (secondary N) is 1. The van der Waals surface area contributed by atoms with Crippen LogP contribution in [0, 0.1) is 0 Å². The molecule has 1 saturated carbocycles. The van der Waals surface area contributed by atoms with Gasteiger partial charge in [0.2, 0.25) is 5.91 Å². The van der Waals surface area contributed by atoms with Crippen molar-refractivity contribution >= 4 is 5.91 Å². The zero-order valence-electron chi connectivity index (χ0n) is 6.89. The molecule has 1 N–H and O–H groups in total. The fraction of sp³-hybridized carbons (Fsp3) is 0.875. The van der Waals surface area contributed by atoms with Crippen LogP contribution in [0.1, 0.15) is 19.8 Å². The molecule has 3 heteroatoms. The first kappa shape index (κ1) is 7.10. The number of piperazine rings is 1. The Bertz CT molecular complexity index is 187. The summed E-state index contributed by atoms with van der Waals surface area (Å²) in [5, 5.41) is 3.33. The van der Waals surface area contributed by atoms with E-state index in [0.717, 1.165) is 19.6 Å². The lowest BCUT2D eigenvalue weighted by atomic mass is 10.1. The Balaban J connectivity index is 2.10. The number of amides is 1. The molecule has 1 amide bonds. The van der Waals surface area contributed by atoms with Gasteiger partial charge in [0.25, 0.3) is 0 Å². The summed E-state index contributed by atoms with van der Waals surface area (Å²) in [4.78, 5) is 13.2. The van der Waals surface area contributed by atoms with Crippen LogP contribution in [-0.4, -0.2) is 36.0 Å². The molecule has 0 aromatic heterocycles. The summed E-state index contributed by atoms with van der Waals surface area (Å²) in [6.07, 6.45) is 2.39. The van der Waals surface area contributed by atoms with Gasteiger partial charge < -0.3 is 10.2 Å². The number of carbonyl (C=O) groups excluding carboxylic acids is 1. The molecule has 0 aromatic carbocycles. The molecule has 1 aliphatic carbocycles. The highest BCUT2D eigenvalue weighted by atomic mass is 16.2. The molecule has 0 radical (unpaired) electrons. The fourth-order valence-electron chi connectivity index (χ4n) is 1.93. The molecule has 0 aromatic rings. The Morgan fingerprint density at radius 3 is 2.73 bits per heavy atom. The Hall–Kier alpha value is -0.570. The SMILES string of the molecule is CC(=O)N1CCNCC12CC2. The summed E-state index contributed by atoms with van der Waals surface area (Å²) < 4.78 is 0. The van der Waals surface area contributed by atoms with Gasteiger partial charge in [-0.25, -0.2) is 0 Å². The lowest BCUT2D eigenvalue weighted by Crippen LogP contribution is -2.54. The van der Waals surface area contributed by atoms with E-state index in [-0.39, 0.29) is 11.4 Å². The van der Waals surface area contributed by atoms with Gasteiger partial charge in [-0.2, -0.15) is 0 Å². The van der Waals surface area contributed by atoms with E-state index in [4.69, 9.17) is 0 Å². The zero-order valence-corrected chi connectivity index (χ0v) is 6.89. The largest absolute Gasteiger partial charge is 0.335 e. The quantitative estimate of drug-likeness (QED) is 0.531. The summed E-state index contributed by atoms with van der Waals surface area (Å²) in [5.74, 6) is 0.240. The van der Waals surface area contributed by atoms with Crippen LogP contribution < -0.4 is 5.32 Å². The van der Waals surface area contributed by atoms with E-state index < -0.39 is 0 Å². The maximum Gasteiger partial charge on any atom is 0.219 e. The molecule has 1 saturated heterocycles. The van der Waals surface area contributed by atoms with Crippen molar-refractivity contribution in [2.24, 2.45) is 0 Å². The minimum absolute atomic E-state index is 0.240. The average Bonchev–Trinajstić information content (AvgIpc) is 2.70. The van der Waals surface area contributed by atoms with E-state index >= 15 is 0 Å². The minimum Gasteiger partial charge on any atom is -0.335 e. The molecular formula is C8H14N2O. The molecule has 3 nitrogen and oxygen atoms in total. The molecule has 1 spiro atoms. The molecule has 2 aliphatic rings. The van der Waals surface area contributed by atoms with Crippen LogP contribution in [0.25, 0.3) is 0 Å². The molecule has 0 bridgehead atoms. The third-order valence-corrected chi connectivity index (χ3v) is 2.75. The van der Waals surface area contributed by atoms with Gasteiger partial charge in [0.05, 0.1) is 5.54 Å².